The number of nitrogens with zero attached hydrogens (tertiary/aromatic N) is 1. The molecule has 6 nitrogen and oxygen atoms in total. The van der Waals surface area contributed by atoms with Crippen LogP contribution in [0, 0.1) is 0 Å². The highest BCUT2D eigenvalue weighted by Gasteiger charge is 2.21. The van der Waals surface area contributed by atoms with Crippen molar-refractivity contribution in [3.05, 3.63) is 11.5 Å². The Bertz CT molecular complexity index is 297. The number of methoxy groups -OCH3 is 2. The lowest BCUT2D eigenvalue weighted by Gasteiger charge is -2.07. The van der Waals surface area contributed by atoms with E-state index in [9.17, 15) is 9.90 Å². The summed E-state index contributed by atoms with van der Waals surface area (Å²) in [4.78, 5) is 15.3. The van der Waals surface area contributed by atoms with Crippen LogP contribution in [0.5, 0.6) is 0 Å². The molecule has 16 heavy (non-hydrogen) atoms. The van der Waals surface area contributed by atoms with Gasteiger partial charge >= 0.3 is 5.97 Å². The van der Waals surface area contributed by atoms with Crippen LogP contribution in [0.1, 0.15) is 19.8 Å². The topological polar surface area (TPSA) is 94.1 Å². The molecule has 0 aliphatic heterocycles. The van der Waals surface area contributed by atoms with E-state index in [0.29, 0.717) is 6.54 Å². The van der Waals surface area contributed by atoms with Crippen molar-refractivity contribution in [1.82, 2.24) is 0 Å². The van der Waals surface area contributed by atoms with Crippen molar-refractivity contribution in [1.29, 1.82) is 0 Å². The van der Waals surface area contributed by atoms with Crippen LogP contribution in [0.15, 0.2) is 16.5 Å². The molecular weight excluding hydrogens is 212 g/mol. The molecule has 0 spiro atoms. The highest BCUT2D eigenvalue weighted by atomic mass is 16.6. The molecule has 0 aromatic carbocycles. The average molecular weight is 230 g/mol. The molecule has 0 amide bonds. The molecule has 0 fully saturated rings. The number of aliphatic hydroxyl groups is 1. The third-order valence-corrected chi connectivity index (χ3v) is 1.85. The van der Waals surface area contributed by atoms with Crippen LogP contribution in [0.25, 0.3) is 0 Å². The van der Waals surface area contributed by atoms with Gasteiger partial charge in [0.05, 0.1) is 14.2 Å². The van der Waals surface area contributed by atoms with Crippen LogP contribution in [-0.2, 0) is 14.3 Å². The fourth-order valence-corrected chi connectivity index (χ4v) is 0.942. The molecule has 0 saturated heterocycles. The van der Waals surface area contributed by atoms with Gasteiger partial charge in [-0.15, -0.1) is 0 Å². The van der Waals surface area contributed by atoms with Crippen molar-refractivity contribution < 1.29 is 19.4 Å². The van der Waals surface area contributed by atoms with Crippen molar-refractivity contribution >= 4 is 11.8 Å². The number of ether oxygens (including phenoxy) is 2. The molecule has 6 heteroatoms. The van der Waals surface area contributed by atoms with Gasteiger partial charge in [-0.05, 0) is 6.42 Å². The second-order valence-corrected chi connectivity index (χ2v) is 3.00. The minimum Gasteiger partial charge on any atom is -0.480 e. The molecular formula is C10H18N2O4. The summed E-state index contributed by atoms with van der Waals surface area (Å²) in [6, 6.07) is 0. The summed E-state index contributed by atoms with van der Waals surface area (Å²) in [5.74, 6) is -1.46. The first-order valence-electron chi connectivity index (χ1n) is 4.94. The van der Waals surface area contributed by atoms with Gasteiger partial charge in [0.25, 0.3) is 5.95 Å². The molecule has 0 rings (SSSR count). The lowest BCUT2D eigenvalue weighted by atomic mass is 10.2. The van der Waals surface area contributed by atoms with E-state index in [1.165, 1.54) is 14.2 Å². The van der Waals surface area contributed by atoms with Crippen molar-refractivity contribution in [3.8, 4) is 0 Å². The Hall–Kier alpha value is -1.72. The maximum Gasteiger partial charge on any atom is 0.348 e. The van der Waals surface area contributed by atoms with E-state index in [0.717, 1.165) is 12.8 Å². The van der Waals surface area contributed by atoms with Crippen LogP contribution in [0.4, 0.5) is 0 Å². The number of hydrogen-bond acceptors (Lipinski definition) is 5. The number of carbonyl (C=O) groups is 1. The summed E-state index contributed by atoms with van der Waals surface area (Å²) in [6.07, 6.45) is 1.81. The highest BCUT2D eigenvalue weighted by molar-refractivity contribution is 6.18. The Kier molecular flexibility index (Phi) is 6.74. The number of nitrogens with two attached hydrogens (primary N) is 1. The summed E-state index contributed by atoms with van der Waals surface area (Å²) < 4.78 is 9.00. The van der Waals surface area contributed by atoms with E-state index in [-0.39, 0.29) is 11.4 Å². The van der Waals surface area contributed by atoms with Crippen molar-refractivity contribution in [2.24, 2.45) is 10.7 Å². The van der Waals surface area contributed by atoms with E-state index in [1.807, 2.05) is 6.92 Å². The predicted octanol–water partition coefficient (Wildman–Crippen LogP) is 0.733. The van der Waals surface area contributed by atoms with Crippen LogP contribution in [0.2, 0.25) is 0 Å². The smallest absolute Gasteiger partial charge is 0.348 e. The van der Waals surface area contributed by atoms with Gasteiger partial charge in [-0.1, -0.05) is 13.3 Å². The first-order chi connectivity index (χ1) is 7.58. The Morgan fingerprint density at radius 2 is 2.00 bits per heavy atom. The molecule has 0 aromatic rings. The predicted molar refractivity (Wildman–Crippen MR) is 60.1 cm³/mol. The molecule has 0 aromatic heterocycles. The van der Waals surface area contributed by atoms with Crippen molar-refractivity contribution in [3.63, 3.8) is 0 Å². The number of carbonyl (C=O) groups excluding carboxylic acids is 1. The zero-order valence-corrected chi connectivity index (χ0v) is 9.82. The monoisotopic (exact) mass is 230 g/mol. The Morgan fingerprint density at radius 3 is 2.44 bits per heavy atom. The quantitative estimate of drug-likeness (QED) is 0.175. The first-order valence-corrected chi connectivity index (χ1v) is 4.94. The van der Waals surface area contributed by atoms with Crippen LogP contribution in [-0.4, -0.2) is 37.7 Å². The number of amidine groups is 1. The third kappa shape index (κ3) is 4.20. The lowest BCUT2D eigenvalue weighted by molar-refractivity contribution is -0.136. The standard InChI is InChI=1S/C10H18N2O4/c1-4-5-6-12-8(11)7(9(13)15-2)10(14)16-3/h13H,4-6H2,1-3H3,(H2,11,12). The SMILES string of the molecule is CCCCN=C(N)C(C(=O)OC)=C(O)OC. The minimum absolute atomic E-state index is 0.0837. The van der Waals surface area contributed by atoms with Crippen molar-refractivity contribution in [2.75, 3.05) is 20.8 Å². The fraction of sp³-hybridized carbons (Fsp3) is 0.600. The molecule has 92 valence electrons. The summed E-state index contributed by atoms with van der Waals surface area (Å²) >= 11 is 0. The van der Waals surface area contributed by atoms with Gasteiger partial charge in [0.2, 0.25) is 0 Å². The Labute approximate surface area is 94.8 Å². The lowest BCUT2D eigenvalue weighted by Crippen LogP contribution is -2.25. The van der Waals surface area contributed by atoms with Gasteiger partial charge in [0, 0.05) is 6.54 Å². The second-order valence-electron chi connectivity index (χ2n) is 3.00. The van der Waals surface area contributed by atoms with Crippen molar-refractivity contribution in [2.45, 2.75) is 19.8 Å². The summed E-state index contributed by atoms with van der Waals surface area (Å²) in [5.41, 5.74) is 5.31. The Balaban J connectivity index is 4.91. The number of aliphatic imine (C=N–C) groups is 1. The van der Waals surface area contributed by atoms with Gasteiger partial charge in [-0.2, -0.15) is 0 Å². The molecule has 0 aliphatic carbocycles. The average Bonchev–Trinajstić information content (AvgIpc) is 2.29. The maximum absolute atomic E-state index is 11.3. The molecule has 0 heterocycles. The van der Waals surface area contributed by atoms with Gasteiger partial charge in [-0.3, -0.25) is 4.99 Å². The molecule has 3 N–H and O–H groups in total. The molecule has 0 aliphatic rings. The normalized spacial score (nSPS) is 13.1. The Morgan fingerprint density at radius 1 is 1.38 bits per heavy atom. The molecule has 0 radical (unpaired) electrons. The molecule has 0 unspecified atom stereocenters. The molecule has 0 saturated carbocycles. The number of esters is 1. The summed E-state index contributed by atoms with van der Waals surface area (Å²) in [5, 5.41) is 9.34. The van der Waals surface area contributed by atoms with E-state index in [4.69, 9.17) is 5.73 Å². The number of unbranched alkanes of at least 4 members (excludes halogenated alkanes) is 1. The highest BCUT2D eigenvalue weighted by Crippen LogP contribution is 2.05. The van der Waals surface area contributed by atoms with E-state index in [1.54, 1.807) is 0 Å². The zero-order chi connectivity index (χ0) is 12.6. The van der Waals surface area contributed by atoms with E-state index in [2.05, 4.69) is 14.5 Å². The van der Waals surface area contributed by atoms with Crippen LogP contribution < -0.4 is 5.73 Å². The first kappa shape index (κ1) is 14.3. The van der Waals surface area contributed by atoms with Gasteiger partial charge in [-0.25, -0.2) is 4.79 Å². The van der Waals surface area contributed by atoms with E-state index >= 15 is 0 Å². The van der Waals surface area contributed by atoms with Gasteiger partial charge < -0.3 is 20.3 Å². The molecule has 0 bridgehead atoms. The van der Waals surface area contributed by atoms with Gasteiger partial charge in [0.1, 0.15) is 5.84 Å². The number of aliphatic hydroxyl groups excluding tert-OH is 1. The second kappa shape index (κ2) is 7.56. The maximum atomic E-state index is 11.3. The van der Waals surface area contributed by atoms with Crippen LogP contribution >= 0.6 is 0 Å². The zero-order valence-electron chi connectivity index (χ0n) is 9.82. The molecule has 0 atom stereocenters. The third-order valence-electron chi connectivity index (χ3n) is 1.85. The number of rotatable bonds is 6. The van der Waals surface area contributed by atoms with E-state index < -0.39 is 11.9 Å². The van der Waals surface area contributed by atoms with Crippen LogP contribution in [0.3, 0.4) is 0 Å². The summed E-state index contributed by atoms with van der Waals surface area (Å²) in [6.45, 7) is 2.50. The summed E-state index contributed by atoms with van der Waals surface area (Å²) in [7, 11) is 2.40. The van der Waals surface area contributed by atoms with Gasteiger partial charge in [0.15, 0.2) is 5.57 Å². The largest absolute Gasteiger partial charge is 0.480 e. The number of hydrogen-bond donors (Lipinski definition) is 2. The minimum atomic E-state index is -0.780. The fourth-order valence-electron chi connectivity index (χ4n) is 0.942.